The van der Waals surface area contributed by atoms with E-state index in [2.05, 4.69) is 33.0 Å². The zero-order valence-corrected chi connectivity index (χ0v) is 12.4. The normalized spacial score (nSPS) is 29.7. The van der Waals surface area contributed by atoms with Crippen LogP contribution in [-0.4, -0.2) is 59.7 Å². The molecule has 4 atom stereocenters. The van der Waals surface area contributed by atoms with E-state index in [9.17, 15) is 10.2 Å². The van der Waals surface area contributed by atoms with Crippen LogP contribution in [0.25, 0.3) is 5.70 Å². The summed E-state index contributed by atoms with van der Waals surface area (Å²) < 4.78 is 11.2. The van der Waals surface area contributed by atoms with Crippen molar-refractivity contribution in [1.82, 2.24) is 14.8 Å². The molecule has 0 amide bonds. The Morgan fingerprint density at radius 1 is 1.52 bits per heavy atom. The third-order valence-corrected chi connectivity index (χ3v) is 3.60. The van der Waals surface area contributed by atoms with Crippen LogP contribution in [0.15, 0.2) is 12.9 Å². The number of aromatic nitrogens is 3. The third-order valence-electron chi connectivity index (χ3n) is 2.80. The lowest BCUT2D eigenvalue weighted by atomic mass is 10.1. The largest absolute Gasteiger partial charge is 0.396 e. The molecule has 12 heteroatoms. The molecule has 1 fully saturated rings. The maximum absolute atomic E-state index is 9.94. The molecule has 10 nitrogen and oxygen atoms in total. The summed E-state index contributed by atoms with van der Waals surface area (Å²) in [5, 5.41) is 23.8. The predicted molar refractivity (Wildman–Crippen MR) is 73.8 cm³/mol. The second-order valence-electron chi connectivity index (χ2n) is 4.41. The van der Waals surface area contributed by atoms with Crippen molar-refractivity contribution < 1.29 is 29.3 Å². The van der Waals surface area contributed by atoms with Crippen LogP contribution in [0.4, 0.5) is 0 Å². The molecule has 2 rings (SSSR count). The van der Waals surface area contributed by atoms with Gasteiger partial charge in [0.2, 0.25) is 0 Å². The van der Waals surface area contributed by atoms with Gasteiger partial charge in [-0.2, -0.15) is 0 Å². The molecule has 0 unspecified atom stereocenters. The fourth-order valence-corrected chi connectivity index (χ4v) is 2.32. The minimum Gasteiger partial charge on any atom is -0.396 e. The second kappa shape index (κ2) is 6.07. The van der Waals surface area contributed by atoms with Crippen LogP contribution in [0.5, 0.6) is 0 Å². The summed E-state index contributed by atoms with van der Waals surface area (Å²) in [5.74, 6) is 0.168. The molecule has 0 aliphatic carbocycles. The van der Waals surface area contributed by atoms with E-state index in [1.807, 2.05) is 0 Å². The van der Waals surface area contributed by atoms with Crippen molar-refractivity contribution in [2.45, 2.75) is 24.5 Å². The summed E-state index contributed by atoms with van der Waals surface area (Å²) in [6, 6.07) is 0. The van der Waals surface area contributed by atoms with Crippen molar-refractivity contribution in [1.29, 1.82) is 0 Å². The lowest BCUT2D eigenvalue weighted by Gasteiger charge is -2.16. The number of nitrogens with zero attached hydrogens (tertiary/aromatic N) is 3. The van der Waals surface area contributed by atoms with E-state index in [0.717, 1.165) is 0 Å². The summed E-state index contributed by atoms with van der Waals surface area (Å²) in [7, 11) is 0. The molecule has 1 aromatic rings. The molecule has 1 aromatic heterocycles. The molecule has 0 bridgehead atoms. The van der Waals surface area contributed by atoms with E-state index in [4.69, 9.17) is 20.3 Å². The molecule has 118 valence electrons. The average Bonchev–Trinajstić information content (AvgIpc) is 2.94. The SMILES string of the molecule is C=C(N)c1ncn([C@@H]2O[C@H](COP(O)(O)=S)[C@@H](O)[C@H]2O)n1. The highest BCUT2D eigenvalue weighted by Gasteiger charge is 2.44. The number of aliphatic hydroxyl groups excluding tert-OH is 2. The maximum Gasteiger partial charge on any atom is 0.321 e. The van der Waals surface area contributed by atoms with Crippen LogP contribution in [0, 0.1) is 0 Å². The first kappa shape index (κ1) is 16.5. The average molecular weight is 338 g/mol. The third kappa shape index (κ3) is 3.84. The number of rotatable bonds is 5. The van der Waals surface area contributed by atoms with Gasteiger partial charge < -0.3 is 35.0 Å². The Bertz CT molecular complexity index is 576. The van der Waals surface area contributed by atoms with Crippen LogP contribution >= 0.6 is 6.72 Å². The zero-order chi connectivity index (χ0) is 15.8. The molecule has 2 heterocycles. The molecule has 0 radical (unpaired) electrons. The van der Waals surface area contributed by atoms with Gasteiger partial charge in [0.15, 0.2) is 12.1 Å². The summed E-state index contributed by atoms with van der Waals surface area (Å²) in [5.41, 5.74) is 5.58. The van der Waals surface area contributed by atoms with Gasteiger partial charge in [-0.25, -0.2) is 9.67 Å². The smallest absolute Gasteiger partial charge is 0.321 e. The van der Waals surface area contributed by atoms with Crippen LogP contribution < -0.4 is 5.73 Å². The number of ether oxygens (including phenoxy) is 1. The van der Waals surface area contributed by atoms with Gasteiger partial charge in [-0.15, -0.1) is 5.10 Å². The molecular weight excluding hydrogens is 323 g/mol. The maximum atomic E-state index is 9.94. The molecule has 0 aromatic carbocycles. The molecule has 21 heavy (non-hydrogen) atoms. The van der Waals surface area contributed by atoms with Gasteiger partial charge in [0.25, 0.3) is 0 Å². The van der Waals surface area contributed by atoms with Crippen molar-refractivity contribution in [3.05, 3.63) is 18.7 Å². The fraction of sp³-hybridized carbons (Fsp3) is 0.556. The Morgan fingerprint density at radius 3 is 2.71 bits per heavy atom. The molecule has 1 saturated heterocycles. The number of hydrogen-bond acceptors (Lipinski definition) is 8. The predicted octanol–water partition coefficient (Wildman–Crippen LogP) is -1.95. The first-order valence-corrected chi connectivity index (χ1v) is 8.39. The van der Waals surface area contributed by atoms with Crippen LogP contribution in [0.3, 0.4) is 0 Å². The Labute approximate surface area is 124 Å². The molecule has 0 spiro atoms. The van der Waals surface area contributed by atoms with Crippen molar-refractivity contribution in [3.8, 4) is 0 Å². The van der Waals surface area contributed by atoms with E-state index in [1.54, 1.807) is 0 Å². The number of hydrogen-bond donors (Lipinski definition) is 5. The van der Waals surface area contributed by atoms with Crippen molar-refractivity contribution in [2.24, 2.45) is 5.73 Å². The van der Waals surface area contributed by atoms with Gasteiger partial charge in [0, 0.05) is 0 Å². The lowest BCUT2D eigenvalue weighted by Crippen LogP contribution is -2.33. The molecule has 1 aliphatic heterocycles. The lowest BCUT2D eigenvalue weighted by molar-refractivity contribution is -0.0566. The van der Waals surface area contributed by atoms with Gasteiger partial charge in [0.1, 0.15) is 24.6 Å². The molecule has 1 aliphatic rings. The zero-order valence-electron chi connectivity index (χ0n) is 10.7. The van der Waals surface area contributed by atoms with E-state index < -0.39 is 31.3 Å². The van der Waals surface area contributed by atoms with E-state index in [1.165, 1.54) is 11.0 Å². The Kier molecular flexibility index (Phi) is 4.76. The Morgan fingerprint density at radius 2 is 2.19 bits per heavy atom. The van der Waals surface area contributed by atoms with E-state index in [-0.39, 0.29) is 18.1 Å². The van der Waals surface area contributed by atoms with Gasteiger partial charge >= 0.3 is 6.72 Å². The standard InChI is InChI=1S/C9H15N4O6PS/c1-4(10)8-11-3-13(12-8)9-7(15)6(14)5(19-9)2-18-20(16,17)21/h3,5-7,9,14-15H,1-2,10H2,(H2,16,17,21)/t5-,6-,7-,9-/m1/s1. The van der Waals surface area contributed by atoms with Gasteiger partial charge in [-0.1, -0.05) is 6.58 Å². The van der Waals surface area contributed by atoms with Crippen LogP contribution in [0.2, 0.25) is 0 Å². The van der Waals surface area contributed by atoms with Crippen LogP contribution in [-0.2, 0) is 21.1 Å². The second-order valence-corrected chi connectivity index (χ2v) is 7.07. The van der Waals surface area contributed by atoms with E-state index in [0.29, 0.717) is 0 Å². The highest BCUT2D eigenvalue weighted by Crippen LogP contribution is 2.38. The van der Waals surface area contributed by atoms with Gasteiger partial charge in [0.05, 0.1) is 12.3 Å². The molecular formula is C9H15N4O6PS. The minimum absolute atomic E-state index is 0.142. The summed E-state index contributed by atoms with van der Waals surface area (Å²) >= 11 is 4.29. The van der Waals surface area contributed by atoms with Crippen molar-refractivity contribution >= 4 is 24.2 Å². The Balaban J connectivity index is 2.08. The highest BCUT2D eigenvalue weighted by molar-refractivity contribution is 8.06. The first-order valence-electron chi connectivity index (χ1n) is 5.76. The quantitative estimate of drug-likeness (QED) is 0.382. The Hall–Kier alpha value is -0.910. The van der Waals surface area contributed by atoms with Crippen molar-refractivity contribution in [2.75, 3.05) is 6.61 Å². The number of aliphatic hydroxyl groups is 2. The summed E-state index contributed by atoms with van der Waals surface area (Å²) in [6.45, 7) is -0.778. The monoisotopic (exact) mass is 338 g/mol. The first-order chi connectivity index (χ1) is 9.69. The topological polar surface area (TPSA) is 156 Å². The van der Waals surface area contributed by atoms with Gasteiger partial charge in [-0.05, 0) is 11.8 Å². The highest BCUT2D eigenvalue weighted by atomic mass is 32.5. The fourth-order valence-electron chi connectivity index (χ4n) is 1.80. The molecule has 6 N–H and O–H groups in total. The number of nitrogens with two attached hydrogens (primary N) is 1. The van der Waals surface area contributed by atoms with Gasteiger partial charge in [-0.3, -0.25) is 0 Å². The van der Waals surface area contributed by atoms with Crippen LogP contribution in [0.1, 0.15) is 12.1 Å². The summed E-state index contributed by atoms with van der Waals surface area (Å²) in [4.78, 5) is 21.8. The summed E-state index contributed by atoms with van der Waals surface area (Å²) in [6.07, 6.45) is -3.39. The molecule has 0 saturated carbocycles. The minimum atomic E-state index is -3.87. The van der Waals surface area contributed by atoms with Crippen molar-refractivity contribution in [3.63, 3.8) is 0 Å². The van der Waals surface area contributed by atoms with E-state index >= 15 is 0 Å².